The van der Waals surface area contributed by atoms with Crippen LogP contribution in [0.4, 0.5) is 0 Å². The second kappa shape index (κ2) is 6.71. The van der Waals surface area contributed by atoms with Gasteiger partial charge in [0.05, 0.1) is 13.1 Å². The molecule has 0 atom stereocenters. The van der Waals surface area contributed by atoms with Crippen LogP contribution in [0.15, 0.2) is 0 Å². The summed E-state index contributed by atoms with van der Waals surface area (Å²) in [6, 6.07) is 0. The molecule has 1 rings (SSSR count). The molecule has 0 spiro atoms. The number of rotatable bonds is 6. The van der Waals surface area contributed by atoms with Crippen molar-refractivity contribution in [1.29, 1.82) is 0 Å². The second-order valence-electron chi connectivity index (χ2n) is 3.65. The number of amides is 2. The van der Waals surface area contributed by atoms with Gasteiger partial charge in [0.15, 0.2) is 0 Å². The van der Waals surface area contributed by atoms with Crippen LogP contribution in [0.3, 0.4) is 0 Å². The second-order valence-corrected chi connectivity index (χ2v) is 4.63. The molecule has 0 aromatic rings. The lowest BCUT2D eigenvalue weighted by Crippen LogP contribution is -2.51. The van der Waals surface area contributed by atoms with E-state index in [2.05, 4.69) is 11.6 Å². The van der Waals surface area contributed by atoms with Crippen molar-refractivity contribution in [3.05, 3.63) is 0 Å². The minimum Gasteiger partial charge on any atom is -0.345 e. The Morgan fingerprint density at radius 3 is 2.87 bits per heavy atom. The first-order valence-electron chi connectivity index (χ1n) is 5.27. The first kappa shape index (κ1) is 12.4. The first-order valence-corrected chi connectivity index (χ1v) is 6.67. The van der Waals surface area contributed by atoms with Gasteiger partial charge in [-0.15, -0.1) is 0 Å². The molecule has 1 aliphatic rings. The highest BCUT2D eigenvalue weighted by Crippen LogP contribution is 2.04. The fraction of sp³-hybridized carbons (Fsp3) is 0.800. The molecule has 15 heavy (non-hydrogen) atoms. The Labute approximate surface area is 94.8 Å². The van der Waals surface area contributed by atoms with E-state index in [1.807, 2.05) is 11.8 Å². The van der Waals surface area contributed by atoms with Crippen LogP contribution < -0.4 is 5.32 Å². The smallest absolute Gasteiger partial charge is 0.242 e. The quantitative estimate of drug-likeness (QED) is 0.675. The Hall–Kier alpha value is -0.710. The summed E-state index contributed by atoms with van der Waals surface area (Å²) in [5.41, 5.74) is 0. The van der Waals surface area contributed by atoms with Crippen LogP contribution in [0, 0.1) is 0 Å². The standard InChI is InChI=1S/C10H18N2O2S/c1-15-6-4-2-3-5-12-8-9(13)11-7-10(12)14/h2-8H2,1H3,(H,11,13). The van der Waals surface area contributed by atoms with E-state index in [9.17, 15) is 9.59 Å². The van der Waals surface area contributed by atoms with E-state index in [1.165, 1.54) is 12.2 Å². The van der Waals surface area contributed by atoms with Gasteiger partial charge >= 0.3 is 0 Å². The molecule has 1 N–H and O–H groups in total. The molecule has 0 aliphatic carbocycles. The van der Waals surface area contributed by atoms with Crippen molar-refractivity contribution in [3.63, 3.8) is 0 Å². The van der Waals surface area contributed by atoms with Gasteiger partial charge < -0.3 is 10.2 Å². The molecule has 5 heteroatoms. The molecule has 0 bridgehead atoms. The number of nitrogens with zero attached hydrogens (tertiary/aromatic N) is 1. The SMILES string of the molecule is CSCCCCCN1CC(=O)NCC1=O. The number of unbranched alkanes of at least 4 members (excludes halogenated alkanes) is 2. The summed E-state index contributed by atoms with van der Waals surface area (Å²) in [6.45, 7) is 1.13. The maximum atomic E-state index is 11.4. The molecule has 0 radical (unpaired) electrons. The van der Waals surface area contributed by atoms with Gasteiger partial charge in [0.1, 0.15) is 0 Å². The maximum absolute atomic E-state index is 11.4. The van der Waals surface area contributed by atoms with Gasteiger partial charge in [0.2, 0.25) is 11.8 Å². The highest BCUT2D eigenvalue weighted by molar-refractivity contribution is 7.98. The summed E-state index contributed by atoms with van der Waals surface area (Å²) < 4.78 is 0. The molecule has 0 saturated carbocycles. The largest absolute Gasteiger partial charge is 0.345 e. The van der Waals surface area contributed by atoms with E-state index in [0.717, 1.165) is 19.4 Å². The van der Waals surface area contributed by atoms with E-state index in [4.69, 9.17) is 0 Å². The molecule has 1 aliphatic heterocycles. The zero-order valence-corrected chi connectivity index (χ0v) is 9.94. The van der Waals surface area contributed by atoms with E-state index >= 15 is 0 Å². The summed E-state index contributed by atoms with van der Waals surface area (Å²) in [7, 11) is 0. The first-order chi connectivity index (χ1) is 7.24. The van der Waals surface area contributed by atoms with Gasteiger partial charge in [-0.1, -0.05) is 6.42 Å². The lowest BCUT2D eigenvalue weighted by atomic mass is 10.2. The van der Waals surface area contributed by atoms with Crippen molar-refractivity contribution in [1.82, 2.24) is 10.2 Å². The van der Waals surface area contributed by atoms with Crippen molar-refractivity contribution < 1.29 is 9.59 Å². The minimum absolute atomic E-state index is 0.0412. The molecule has 86 valence electrons. The summed E-state index contributed by atoms with van der Waals surface area (Å²) in [6.07, 6.45) is 5.42. The summed E-state index contributed by atoms with van der Waals surface area (Å²) >= 11 is 1.84. The third-order valence-electron chi connectivity index (χ3n) is 2.40. The third-order valence-corrected chi connectivity index (χ3v) is 3.10. The van der Waals surface area contributed by atoms with Gasteiger partial charge in [-0.3, -0.25) is 9.59 Å². The molecule has 0 aromatic carbocycles. The van der Waals surface area contributed by atoms with Gasteiger partial charge in [-0.05, 0) is 24.9 Å². The average Bonchev–Trinajstić information content (AvgIpc) is 2.23. The Bertz CT molecular complexity index is 233. The van der Waals surface area contributed by atoms with Crippen molar-refractivity contribution in [2.75, 3.05) is 31.6 Å². The van der Waals surface area contributed by atoms with Crippen LogP contribution in [0.1, 0.15) is 19.3 Å². The van der Waals surface area contributed by atoms with Crippen molar-refractivity contribution in [2.24, 2.45) is 0 Å². The van der Waals surface area contributed by atoms with Crippen LogP contribution in [-0.2, 0) is 9.59 Å². The van der Waals surface area contributed by atoms with E-state index in [-0.39, 0.29) is 24.9 Å². The molecule has 2 amide bonds. The monoisotopic (exact) mass is 230 g/mol. The number of carbonyl (C=O) groups is 2. The number of carbonyl (C=O) groups excluding carboxylic acids is 2. The Morgan fingerprint density at radius 2 is 2.13 bits per heavy atom. The molecule has 0 aromatic heterocycles. The molecule has 1 heterocycles. The predicted molar refractivity (Wildman–Crippen MR) is 61.8 cm³/mol. The molecule has 4 nitrogen and oxygen atoms in total. The lowest BCUT2D eigenvalue weighted by Gasteiger charge is -2.26. The van der Waals surface area contributed by atoms with E-state index in [0.29, 0.717) is 0 Å². The Morgan fingerprint density at radius 1 is 1.33 bits per heavy atom. The number of hydrogen-bond acceptors (Lipinski definition) is 3. The summed E-state index contributed by atoms with van der Waals surface area (Å²) in [5, 5.41) is 2.54. The fourth-order valence-electron chi connectivity index (χ4n) is 1.53. The van der Waals surface area contributed by atoms with E-state index < -0.39 is 0 Å². The zero-order valence-electron chi connectivity index (χ0n) is 9.12. The van der Waals surface area contributed by atoms with Crippen molar-refractivity contribution in [3.8, 4) is 0 Å². The van der Waals surface area contributed by atoms with Gasteiger partial charge in [-0.2, -0.15) is 11.8 Å². The topological polar surface area (TPSA) is 49.4 Å². The number of piperazine rings is 1. The van der Waals surface area contributed by atoms with E-state index in [1.54, 1.807) is 4.90 Å². The molecular formula is C10H18N2O2S. The van der Waals surface area contributed by atoms with Crippen molar-refractivity contribution >= 4 is 23.6 Å². The zero-order chi connectivity index (χ0) is 11.1. The number of thioether (sulfide) groups is 1. The lowest BCUT2D eigenvalue weighted by molar-refractivity contribution is -0.140. The van der Waals surface area contributed by atoms with Crippen LogP contribution in [0.5, 0.6) is 0 Å². The van der Waals surface area contributed by atoms with Crippen LogP contribution in [0.25, 0.3) is 0 Å². The normalized spacial score (nSPS) is 16.7. The summed E-state index contributed by atoms with van der Waals surface area (Å²) in [4.78, 5) is 24.1. The maximum Gasteiger partial charge on any atom is 0.242 e. The molecule has 1 fully saturated rings. The Balaban J connectivity index is 2.13. The predicted octanol–water partition coefficient (Wildman–Crippen LogP) is 0.478. The highest BCUT2D eigenvalue weighted by Gasteiger charge is 2.21. The third kappa shape index (κ3) is 4.55. The number of nitrogens with one attached hydrogen (secondary N) is 1. The Kier molecular flexibility index (Phi) is 5.53. The highest BCUT2D eigenvalue weighted by atomic mass is 32.2. The van der Waals surface area contributed by atoms with Crippen LogP contribution in [-0.4, -0.2) is 48.4 Å². The average molecular weight is 230 g/mol. The van der Waals surface area contributed by atoms with Gasteiger partial charge in [-0.25, -0.2) is 0 Å². The summed E-state index contributed by atoms with van der Waals surface area (Å²) in [5.74, 6) is 1.17. The molecule has 1 saturated heterocycles. The minimum atomic E-state index is -0.0429. The molecular weight excluding hydrogens is 212 g/mol. The van der Waals surface area contributed by atoms with Gasteiger partial charge in [0, 0.05) is 6.54 Å². The van der Waals surface area contributed by atoms with Crippen LogP contribution >= 0.6 is 11.8 Å². The van der Waals surface area contributed by atoms with Gasteiger partial charge in [0.25, 0.3) is 0 Å². The fourth-order valence-corrected chi connectivity index (χ4v) is 2.03. The van der Waals surface area contributed by atoms with Crippen LogP contribution in [0.2, 0.25) is 0 Å². The molecule has 0 unspecified atom stereocenters. The van der Waals surface area contributed by atoms with Crippen molar-refractivity contribution in [2.45, 2.75) is 19.3 Å². The number of hydrogen-bond donors (Lipinski definition) is 1.